The molecule has 25 heavy (non-hydrogen) atoms. The van der Waals surface area contributed by atoms with E-state index in [2.05, 4.69) is 20.0 Å². The van der Waals surface area contributed by atoms with Crippen LogP contribution in [-0.4, -0.2) is 62.4 Å². The summed E-state index contributed by atoms with van der Waals surface area (Å²) in [6.45, 7) is 5.14. The van der Waals surface area contributed by atoms with Gasteiger partial charge in [-0.15, -0.1) is 0 Å². The number of benzene rings is 1. The first-order chi connectivity index (χ1) is 12.1. The van der Waals surface area contributed by atoms with Gasteiger partial charge in [0.15, 0.2) is 0 Å². The normalized spacial score (nSPS) is 16.2. The topological polar surface area (TPSA) is 79.3 Å². The number of piperazine rings is 1. The van der Waals surface area contributed by atoms with Crippen LogP contribution in [0.3, 0.4) is 0 Å². The Balaban J connectivity index is 1.56. The third kappa shape index (κ3) is 4.63. The van der Waals surface area contributed by atoms with E-state index in [0.717, 1.165) is 39.1 Å². The number of hydrogen-bond acceptors (Lipinski definition) is 5. The Morgan fingerprint density at radius 1 is 1.24 bits per heavy atom. The molecular weight excluding hydrogens is 345 g/mol. The maximum absolute atomic E-state index is 13.8. The highest BCUT2D eigenvalue weighted by Crippen LogP contribution is 2.15. The van der Waals surface area contributed by atoms with Gasteiger partial charge >= 0.3 is 0 Å². The molecule has 3 rings (SSSR count). The summed E-state index contributed by atoms with van der Waals surface area (Å²) in [7, 11) is -3.65. The summed E-state index contributed by atoms with van der Waals surface area (Å²) < 4.78 is 42.2. The molecule has 0 radical (unpaired) electrons. The molecule has 1 aliphatic rings. The first-order valence-corrected chi connectivity index (χ1v) is 9.77. The van der Waals surface area contributed by atoms with Gasteiger partial charge in [0, 0.05) is 32.7 Å². The average Bonchev–Trinajstić information content (AvgIpc) is 3.11. The number of para-hydroxylation sites is 1. The molecule has 1 saturated heterocycles. The van der Waals surface area contributed by atoms with Crippen LogP contribution in [0, 0.1) is 5.82 Å². The molecule has 1 aromatic carbocycles. The van der Waals surface area contributed by atoms with E-state index in [1.165, 1.54) is 23.1 Å². The summed E-state index contributed by atoms with van der Waals surface area (Å²) in [5.41, 5.74) is 0.211. The van der Waals surface area contributed by atoms with E-state index in [-0.39, 0.29) is 10.6 Å². The Morgan fingerprint density at radius 2 is 2.00 bits per heavy atom. The highest BCUT2D eigenvalue weighted by atomic mass is 32.2. The van der Waals surface area contributed by atoms with Crippen molar-refractivity contribution in [1.82, 2.24) is 24.7 Å². The maximum Gasteiger partial charge on any atom is 0.243 e. The maximum atomic E-state index is 13.8. The average molecular weight is 367 g/mol. The summed E-state index contributed by atoms with van der Waals surface area (Å²) >= 11 is 0. The number of hydrogen-bond donors (Lipinski definition) is 2. The van der Waals surface area contributed by atoms with Crippen LogP contribution in [-0.2, 0) is 10.0 Å². The number of nitrogens with zero attached hydrogens (tertiary/aromatic N) is 3. The van der Waals surface area contributed by atoms with Crippen molar-refractivity contribution in [1.29, 1.82) is 0 Å². The summed E-state index contributed by atoms with van der Waals surface area (Å²) in [5.74, 6) is -0.460. The van der Waals surface area contributed by atoms with Gasteiger partial charge in [-0.3, -0.25) is 0 Å². The quantitative estimate of drug-likeness (QED) is 0.700. The molecule has 9 heteroatoms. The van der Waals surface area contributed by atoms with Crippen LogP contribution in [0.2, 0.25) is 0 Å². The van der Waals surface area contributed by atoms with Crippen molar-refractivity contribution in [3.63, 3.8) is 0 Å². The van der Waals surface area contributed by atoms with Crippen molar-refractivity contribution < 1.29 is 12.8 Å². The van der Waals surface area contributed by atoms with Crippen LogP contribution < -0.4 is 10.0 Å². The van der Waals surface area contributed by atoms with Crippen LogP contribution in [0.4, 0.5) is 4.39 Å². The van der Waals surface area contributed by atoms with E-state index in [4.69, 9.17) is 0 Å². The second-order valence-electron chi connectivity index (χ2n) is 5.91. The van der Waals surface area contributed by atoms with E-state index in [0.29, 0.717) is 6.54 Å². The molecule has 0 aliphatic carbocycles. The van der Waals surface area contributed by atoms with Gasteiger partial charge in [-0.2, -0.15) is 5.10 Å². The highest BCUT2D eigenvalue weighted by molar-refractivity contribution is 7.89. The van der Waals surface area contributed by atoms with Crippen molar-refractivity contribution in [2.75, 3.05) is 39.3 Å². The van der Waals surface area contributed by atoms with Crippen LogP contribution in [0.5, 0.6) is 0 Å². The Bertz CT molecular complexity index is 802. The second kappa shape index (κ2) is 8.05. The molecular formula is C16H22FN5O2S. The number of nitrogens with one attached hydrogen (secondary N) is 2. The number of halogens is 1. The molecule has 0 saturated carbocycles. The fraction of sp³-hybridized carbons (Fsp3) is 0.438. The van der Waals surface area contributed by atoms with E-state index in [1.807, 2.05) is 0 Å². The molecule has 1 aliphatic heterocycles. The third-order valence-electron chi connectivity index (χ3n) is 4.12. The van der Waals surface area contributed by atoms with Crippen LogP contribution in [0.1, 0.15) is 6.42 Å². The van der Waals surface area contributed by atoms with Crippen LogP contribution in [0.25, 0.3) is 5.69 Å². The molecule has 0 amide bonds. The van der Waals surface area contributed by atoms with Gasteiger partial charge in [0.2, 0.25) is 10.0 Å². The molecule has 0 unspecified atom stereocenters. The molecule has 1 fully saturated rings. The lowest BCUT2D eigenvalue weighted by atomic mass is 10.3. The van der Waals surface area contributed by atoms with Crippen molar-refractivity contribution >= 4 is 10.0 Å². The zero-order valence-electron chi connectivity index (χ0n) is 13.9. The van der Waals surface area contributed by atoms with Gasteiger partial charge in [-0.1, -0.05) is 12.1 Å². The van der Waals surface area contributed by atoms with E-state index >= 15 is 0 Å². The largest absolute Gasteiger partial charge is 0.314 e. The van der Waals surface area contributed by atoms with E-state index < -0.39 is 15.8 Å². The van der Waals surface area contributed by atoms with Gasteiger partial charge in [0.1, 0.15) is 16.4 Å². The molecule has 136 valence electrons. The molecule has 0 atom stereocenters. The van der Waals surface area contributed by atoms with Crippen LogP contribution >= 0.6 is 0 Å². The third-order valence-corrected chi connectivity index (χ3v) is 5.54. The van der Waals surface area contributed by atoms with Crippen molar-refractivity contribution in [3.05, 3.63) is 42.5 Å². The number of aromatic nitrogens is 2. The molecule has 0 spiro atoms. The summed E-state index contributed by atoms with van der Waals surface area (Å²) in [5, 5.41) is 7.24. The van der Waals surface area contributed by atoms with Gasteiger partial charge in [0.25, 0.3) is 0 Å². The van der Waals surface area contributed by atoms with Gasteiger partial charge in [0.05, 0.1) is 12.4 Å². The first-order valence-electron chi connectivity index (χ1n) is 8.28. The minimum Gasteiger partial charge on any atom is -0.314 e. The van der Waals surface area contributed by atoms with Gasteiger partial charge in [-0.05, 0) is 25.1 Å². The standard InChI is InChI=1S/C16H22FN5O2S/c17-15-4-1-2-5-16(15)22-13-14(12-19-22)25(23,24)20-6-3-9-21-10-7-18-8-11-21/h1-2,4-5,12-13,18,20H,3,6-11H2. The highest BCUT2D eigenvalue weighted by Gasteiger charge is 2.17. The number of sulfonamides is 1. The lowest BCUT2D eigenvalue weighted by molar-refractivity contribution is 0.239. The van der Waals surface area contributed by atoms with Gasteiger partial charge in [-0.25, -0.2) is 22.2 Å². The minimum atomic E-state index is -3.65. The predicted octanol–water partition coefficient (Wildman–Crippen LogP) is 0.585. The van der Waals surface area contributed by atoms with Crippen LogP contribution in [0.15, 0.2) is 41.6 Å². The Morgan fingerprint density at radius 3 is 2.76 bits per heavy atom. The molecule has 7 nitrogen and oxygen atoms in total. The van der Waals surface area contributed by atoms with Crippen molar-refractivity contribution in [3.8, 4) is 5.69 Å². The fourth-order valence-electron chi connectivity index (χ4n) is 2.74. The lowest BCUT2D eigenvalue weighted by Gasteiger charge is -2.26. The summed E-state index contributed by atoms with van der Waals surface area (Å²) in [6, 6.07) is 6.09. The number of rotatable bonds is 7. The lowest BCUT2D eigenvalue weighted by Crippen LogP contribution is -2.44. The SMILES string of the molecule is O=S(=O)(NCCCN1CCNCC1)c1cnn(-c2ccccc2F)c1. The zero-order valence-corrected chi connectivity index (χ0v) is 14.7. The summed E-state index contributed by atoms with van der Waals surface area (Å²) in [6.07, 6.45) is 3.28. The fourth-order valence-corrected chi connectivity index (χ4v) is 3.75. The molecule has 1 aromatic heterocycles. The Hall–Kier alpha value is -1.81. The Kier molecular flexibility index (Phi) is 5.79. The first kappa shape index (κ1) is 18.0. The summed E-state index contributed by atoms with van der Waals surface area (Å²) in [4.78, 5) is 2.33. The van der Waals surface area contributed by atoms with E-state index in [9.17, 15) is 12.8 Å². The molecule has 0 bridgehead atoms. The van der Waals surface area contributed by atoms with Crippen molar-refractivity contribution in [2.24, 2.45) is 0 Å². The van der Waals surface area contributed by atoms with E-state index in [1.54, 1.807) is 18.2 Å². The Labute approximate surface area is 146 Å². The predicted molar refractivity (Wildman–Crippen MR) is 92.6 cm³/mol. The van der Waals surface area contributed by atoms with Crippen molar-refractivity contribution in [2.45, 2.75) is 11.3 Å². The zero-order chi connectivity index (χ0) is 17.7. The second-order valence-corrected chi connectivity index (χ2v) is 7.68. The smallest absolute Gasteiger partial charge is 0.243 e. The molecule has 2 heterocycles. The molecule has 2 aromatic rings. The van der Waals surface area contributed by atoms with Gasteiger partial charge < -0.3 is 10.2 Å². The molecule has 2 N–H and O–H groups in total. The minimum absolute atomic E-state index is 0.0259. The monoisotopic (exact) mass is 367 g/mol.